The van der Waals surface area contributed by atoms with E-state index in [0.29, 0.717) is 17.4 Å². The van der Waals surface area contributed by atoms with Gasteiger partial charge in [-0.25, -0.2) is 0 Å². The molecule has 0 saturated heterocycles. The molecule has 0 aromatic carbocycles. The molecule has 96 valence electrons. The van der Waals surface area contributed by atoms with E-state index in [4.69, 9.17) is 4.52 Å². The minimum Gasteiger partial charge on any atom is -0.339 e. The number of halogens is 1. The molecule has 1 N–H and O–H groups in total. The summed E-state index contributed by atoms with van der Waals surface area (Å²) in [6.45, 7) is 4.12. The fourth-order valence-corrected chi connectivity index (χ4v) is 1.73. The van der Waals surface area contributed by atoms with Crippen molar-refractivity contribution in [2.45, 2.75) is 25.8 Å². The summed E-state index contributed by atoms with van der Waals surface area (Å²) in [5, 5.41) is 7.13. The Labute approximate surface area is 114 Å². The van der Waals surface area contributed by atoms with Crippen molar-refractivity contribution >= 4 is 15.9 Å². The predicted molar refractivity (Wildman–Crippen MR) is 72.2 cm³/mol. The Hall–Kier alpha value is -1.27. The minimum absolute atomic E-state index is 0.159. The second-order valence-corrected chi connectivity index (χ2v) is 5.10. The topological polar surface area (TPSA) is 63.8 Å². The summed E-state index contributed by atoms with van der Waals surface area (Å²) in [5.41, 5.74) is 0.706. The molecular formula is C12H15BrN4O. The first kappa shape index (κ1) is 13.2. The van der Waals surface area contributed by atoms with Crippen molar-refractivity contribution in [2.24, 2.45) is 0 Å². The minimum atomic E-state index is 0.159. The van der Waals surface area contributed by atoms with E-state index in [1.54, 1.807) is 6.20 Å². The molecule has 2 atom stereocenters. The van der Waals surface area contributed by atoms with Gasteiger partial charge in [-0.2, -0.15) is 4.98 Å². The highest BCUT2D eigenvalue weighted by atomic mass is 79.9. The monoisotopic (exact) mass is 310 g/mol. The summed E-state index contributed by atoms with van der Waals surface area (Å²) in [6.07, 6.45) is 1.71. The Balaban J connectivity index is 2.22. The highest BCUT2D eigenvalue weighted by molar-refractivity contribution is 9.10. The molecule has 0 saturated carbocycles. The van der Waals surface area contributed by atoms with E-state index < -0.39 is 0 Å². The van der Waals surface area contributed by atoms with Crippen molar-refractivity contribution < 1.29 is 4.52 Å². The van der Waals surface area contributed by atoms with Gasteiger partial charge in [0.1, 0.15) is 5.69 Å². The van der Waals surface area contributed by atoms with Gasteiger partial charge in [-0.1, -0.05) is 12.1 Å². The molecule has 6 heteroatoms. The first-order chi connectivity index (χ1) is 8.61. The summed E-state index contributed by atoms with van der Waals surface area (Å²) >= 11 is 3.34. The zero-order valence-corrected chi connectivity index (χ0v) is 12.1. The third-order valence-electron chi connectivity index (χ3n) is 2.99. The van der Waals surface area contributed by atoms with Crippen molar-refractivity contribution in [1.29, 1.82) is 0 Å². The Morgan fingerprint density at radius 1 is 1.33 bits per heavy atom. The molecule has 0 radical (unpaired) electrons. The zero-order valence-electron chi connectivity index (χ0n) is 10.5. The van der Waals surface area contributed by atoms with Crippen LogP contribution in [0.3, 0.4) is 0 Å². The van der Waals surface area contributed by atoms with E-state index in [0.717, 1.165) is 4.47 Å². The van der Waals surface area contributed by atoms with Crippen LogP contribution in [0, 0.1) is 0 Å². The summed E-state index contributed by atoms with van der Waals surface area (Å²) in [5.74, 6) is 1.30. The Kier molecular flexibility index (Phi) is 4.08. The Bertz CT molecular complexity index is 511. The largest absolute Gasteiger partial charge is 0.339 e. The molecule has 2 unspecified atom stereocenters. The normalized spacial score (nSPS) is 14.4. The maximum atomic E-state index is 5.28. The van der Waals surface area contributed by atoms with Gasteiger partial charge in [0.25, 0.3) is 0 Å². The molecule has 0 bridgehead atoms. The zero-order chi connectivity index (χ0) is 13.1. The van der Waals surface area contributed by atoms with Crippen LogP contribution in [-0.4, -0.2) is 28.2 Å². The van der Waals surface area contributed by atoms with Crippen molar-refractivity contribution in [2.75, 3.05) is 7.05 Å². The van der Waals surface area contributed by atoms with Gasteiger partial charge in [0, 0.05) is 16.7 Å². The van der Waals surface area contributed by atoms with Gasteiger partial charge in [-0.15, -0.1) is 0 Å². The second kappa shape index (κ2) is 5.58. The molecule has 2 rings (SSSR count). The summed E-state index contributed by atoms with van der Waals surface area (Å²) in [6, 6.07) is 4.03. The van der Waals surface area contributed by atoms with Gasteiger partial charge in [0.05, 0.1) is 5.92 Å². The molecule has 0 spiro atoms. The quantitative estimate of drug-likeness (QED) is 0.940. The van der Waals surface area contributed by atoms with Gasteiger partial charge in [-0.3, -0.25) is 4.98 Å². The maximum absolute atomic E-state index is 5.28. The van der Waals surface area contributed by atoms with Gasteiger partial charge < -0.3 is 9.84 Å². The fraction of sp³-hybridized carbons (Fsp3) is 0.417. The Morgan fingerprint density at radius 2 is 2.11 bits per heavy atom. The number of nitrogens with one attached hydrogen (secondary N) is 1. The third kappa shape index (κ3) is 2.76. The summed E-state index contributed by atoms with van der Waals surface area (Å²) in [7, 11) is 1.91. The average Bonchev–Trinajstić information content (AvgIpc) is 2.87. The number of hydrogen-bond donors (Lipinski definition) is 1. The van der Waals surface area contributed by atoms with Gasteiger partial charge >= 0.3 is 0 Å². The molecule has 0 aliphatic rings. The molecule has 0 amide bonds. The third-order valence-corrected chi connectivity index (χ3v) is 3.46. The van der Waals surface area contributed by atoms with Crippen LogP contribution in [0.25, 0.3) is 11.5 Å². The SMILES string of the molecule is CNC(C)C(C)c1nc(-c2ccc(Br)cn2)no1. The molecule has 18 heavy (non-hydrogen) atoms. The number of hydrogen-bond acceptors (Lipinski definition) is 5. The molecule has 2 heterocycles. The van der Waals surface area contributed by atoms with E-state index in [1.807, 2.05) is 26.1 Å². The van der Waals surface area contributed by atoms with Crippen molar-refractivity contribution in [1.82, 2.24) is 20.4 Å². The fourth-order valence-electron chi connectivity index (χ4n) is 1.50. The van der Waals surface area contributed by atoms with E-state index in [2.05, 4.69) is 43.3 Å². The highest BCUT2D eigenvalue weighted by Gasteiger charge is 2.20. The van der Waals surface area contributed by atoms with E-state index in [1.165, 1.54) is 0 Å². The first-order valence-corrected chi connectivity index (χ1v) is 6.54. The second-order valence-electron chi connectivity index (χ2n) is 4.18. The molecule has 0 aliphatic carbocycles. The van der Waals surface area contributed by atoms with Crippen molar-refractivity contribution in [3.63, 3.8) is 0 Å². The van der Waals surface area contributed by atoms with Crippen LogP contribution >= 0.6 is 15.9 Å². The van der Waals surface area contributed by atoms with Gasteiger partial charge in [0.15, 0.2) is 0 Å². The molecule has 5 nitrogen and oxygen atoms in total. The van der Waals surface area contributed by atoms with E-state index in [-0.39, 0.29) is 12.0 Å². The molecule has 2 aromatic rings. The van der Waals surface area contributed by atoms with Crippen LogP contribution < -0.4 is 5.32 Å². The van der Waals surface area contributed by atoms with Crippen molar-refractivity contribution in [3.8, 4) is 11.5 Å². The Morgan fingerprint density at radius 3 is 2.72 bits per heavy atom. The standard InChI is InChI=1S/C12H15BrN4O/c1-7(8(2)14-3)12-16-11(17-18-12)10-5-4-9(13)6-15-10/h4-8,14H,1-3H3. The lowest BCUT2D eigenvalue weighted by Crippen LogP contribution is -2.27. The number of nitrogens with zero attached hydrogens (tertiary/aromatic N) is 3. The van der Waals surface area contributed by atoms with E-state index in [9.17, 15) is 0 Å². The lowest BCUT2D eigenvalue weighted by atomic mass is 10.0. The number of likely N-dealkylation sites (N-methyl/N-ethyl adjacent to an activating group) is 1. The number of pyridine rings is 1. The summed E-state index contributed by atoms with van der Waals surface area (Å²) < 4.78 is 6.20. The lowest BCUT2D eigenvalue weighted by Gasteiger charge is -2.14. The van der Waals surface area contributed by atoms with Crippen LogP contribution in [0.1, 0.15) is 25.7 Å². The van der Waals surface area contributed by atoms with Gasteiger partial charge in [0.2, 0.25) is 11.7 Å². The van der Waals surface area contributed by atoms with Crippen LogP contribution in [0.4, 0.5) is 0 Å². The predicted octanol–water partition coefficient (Wildman–Crippen LogP) is 2.61. The first-order valence-electron chi connectivity index (χ1n) is 5.74. The van der Waals surface area contributed by atoms with Crippen LogP contribution in [0.5, 0.6) is 0 Å². The van der Waals surface area contributed by atoms with E-state index >= 15 is 0 Å². The highest BCUT2D eigenvalue weighted by Crippen LogP contribution is 2.21. The molecule has 0 fully saturated rings. The smallest absolute Gasteiger partial charge is 0.231 e. The van der Waals surface area contributed by atoms with Crippen LogP contribution in [0.2, 0.25) is 0 Å². The van der Waals surface area contributed by atoms with Crippen LogP contribution in [0.15, 0.2) is 27.3 Å². The number of aromatic nitrogens is 3. The molecule has 2 aromatic heterocycles. The lowest BCUT2D eigenvalue weighted by molar-refractivity contribution is 0.336. The molecule has 0 aliphatic heterocycles. The van der Waals surface area contributed by atoms with Gasteiger partial charge in [-0.05, 0) is 42.0 Å². The van der Waals surface area contributed by atoms with Crippen LogP contribution in [-0.2, 0) is 0 Å². The van der Waals surface area contributed by atoms with Crippen molar-refractivity contribution in [3.05, 3.63) is 28.7 Å². The maximum Gasteiger partial charge on any atom is 0.231 e. The average molecular weight is 311 g/mol. The summed E-state index contributed by atoms with van der Waals surface area (Å²) in [4.78, 5) is 8.62. The number of rotatable bonds is 4. The molecular weight excluding hydrogens is 296 g/mol.